The van der Waals surface area contributed by atoms with Crippen molar-refractivity contribution in [1.82, 2.24) is 29.5 Å². The summed E-state index contributed by atoms with van der Waals surface area (Å²) in [5.41, 5.74) is 4.97. The third-order valence-corrected chi connectivity index (χ3v) is 9.65. The highest BCUT2D eigenvalue weighted by molar-refractivity contribution is 8.01. The molecule has 0 bridgehead atoms. The number of aliphatic carboxylic acids is 1. The number of aromatic hydroxyl groups is 1. The van der Waals surface area contributed by atoms with Gasteiger partial charge in [0.05, 0.1) is 18.0 Å². The summed E-state index contributed by atoms with van der Waals surface area (Å²) in [5, 5.41) is 40.4. The molecule has 6 N–H and O–H groups in total. The average Bonchev–Trinajstić information content (AvgIpc) is 3.62. The lowest BCUT2D eigenvalue weighted by molar-refractivity contribution is -0.150. The van der Waals surface area contributed by atoms with Gasteiger partial charge in [-0.05, 0) is 17.1 Å². The molecule has 3 aromatic heterocycles. The average molecular weight is 639 g/mol. The third-order valence-electron chi connectivity index (χ3n) is 5.71. The van der Waals surface area contributed by atoms with E-state index in [2.05, 4.69) is 25.0 Å². The highest BCUT2D eigenvalue weighted by Crippen LogP contribution is 2.41. The molecule has 214 valence electrons. The summed E-state index contributed by atoms with van der Waals surface area (Å²) in [6.07, 6.45) is 2.49. The van der Waals surface area contributed by atoms with Gasteiger partial charge in [-0.25, -0.2) is 9.78 Å². The fraction of sp³-hybridized carbons (Fsp3) is 0.238. The van der Waals surface area contributed by atoms with E-state index in [1.54, 1.807) is 6.20 Å². The first-order valence-corrected chi connectivity index (χ1v) is 15.0. The van der Waals surface area contributed by atoms with Gasteiger partial charge >= 0.3 is 5.97 Å². The van der Waals surface area contributed by atoms with Crippen molar-refractivity contribution in [1.29, 1.82) is 0 Å². The molecular weight excluding hydrogens is 621 g/mol. The summed E-state index contributed by atoms with van der Waals surface area (Å²) >= 11 is 4.88. The van der Waals surface area contributed by atoms with Crippen molar-refractivity contribution in [2.45, 2.75) is 22.2 Å². The van der Waals surface area contributed by atoms with Crippen LogP contribution in [0.2, 0.25) is 0 Å². The SMILES string of the molecule is Nc1nc(/C(=N\OCc2cn(O)c(=O)cc2O)C(=O)N[C@@H]2C(=O)N3C(C(=O)O)=C(CSc4cnns4)CS[C@H]23)cs1. The molecule has 0 aliphatic carbocycles. The number of rotatable bonds is 10. The van der Waals surface area contributed by atoms with Crippen LogP contribution in [0.3, 0.4) is 0 Å². The molecule has 2 aliphatic heterocycles. The molecule has 0 aromatic carbocycles. The van der Waals surface area contributed by atoms with Crippen LogP contribution in [-0.4, -0.2) is 86.0 Å². The zero-order valence-electron chi connectivity index (χ0n) is 20.4. The maximum absolute atomic E-state index is 13.2. The minimum absolute atomic E-state index is 0.00891. The molecule has 1 saturated heterocycles. The Morgan fingerprint density at radius 2 is 2.15 bits per heavy atom. The second kappa shape index (κ2) is 11.8. The van der Waals surface area contributed by atoms with Crippen LogP contribution in [0.5, 0.6) is 5.75 Å². The Kier molecular flexibility index (Phi) is 8.15. The van der Waals surface area contributed by atoms with Crippen molar-refractivity contribution in [2.24, 2.45) is 5.16 Å². The maximum Gasteiger partial charge on any atom is 0.352 e. The van der Waals surface area contributed by atoms with Crippen molar-refractivity contribution >= 4 is 75.0 Å². The molecule has 5 rings (SSSR count). The van der Waals surface area contributed by atoms with Gasteiger partial charge in [0.2, 0.25) is 0 Å². The normalized spacial score (nSPS) is 18.6. The number of anilines is 1. The largest absolute Gasteiger partial charge is 0.507 e. The quantitative estimate of drug-likeness (QED) is 0.0653. The maximum atomic E-state index is 13.2. The molecule has 0 unspecified atom stereocenters. The van der Waals surface area contributed by atoms with Gasteiger partial charge in [-0.2, -0.15) is 4.73 Å². The lowest BCUT2D eigenvalue weighted by atomic mass is 10.0. The molecule has 41 heavy (non-hydrogen) atoms. The van der Waals surface area contributed by atoms with Gasteiger partial charge in [-0.15, -0.1) is 40.0 Å². The van der Waals surface area contributed by atoms with E-state index in [1.807, 2.05) is 0 Å². The number of hydrogen-bond donors (Lipinski definition) is 5. The smallest absolute Gasteiger partial charge is 0.352 e. The summed E-state index contributed by atoms with van der Waals surface area (Å²) < 4.78 is 4.82. The van der Waals surface area contributed by atoms with Gasteiger partial charge in [-0.1, -0.05) is 9.64 Å². The van der Waals surface area contributed by atoms with Crippen molar-refractivity contribution in [3.63, 3.8) is 0 Å². The number of thiazole rings is 1. The fourth-order valence-corrected chi connectivity index (χ4v) is 7.27. The van der Waals surface area contributed by atoms with Gasteiger partial charge in [-0.3, -0.25) is 19.3 Å². The van der Waals surface area contributed by atoms with E-state index in [0.29, 0.717) is 17.1 Å². The number of carboxylic acid groups (broad SMARTS) is 1. The molecule has 0 saturated carbocycles. The zero-order valence-corrected chi connectivity index (χ0v) is 23.6. The topological polar surface area (TPSA) is 235 Å². The fourth-order valence-electron chi connectivity index (χ4n) is 3.82. The Bertz CT molecular complexity index is 1640. The number of nitrogens with zero attached hydrogens (tertiary/aromatic N) is 6. The minimum Gasteiger partial charge on any atom is -0.507 e. The van der Waals surface area contributed by atoms with Crippen molar-refractivity contribution in [2.75, 3.05) is 17.2 Å². The van der Waals surface area contributed by atoms with Crippen LogP contribution < -0.4 is 16.6 Å². The summed E-state index contributed by atoms with van der Waals surface area (Å²) in [4.78, 5) is 60.2. The highest BCUT2D eigenvalue weighted by atomic mass is 32.2. The highest BCUT2D eigenvalue weighted by Gasteiger charge is 2.54. The van der Waals surface area contributed by atoms with E-state index in [9.17, 15) is 34.6 Å². The van der Waals surface area contributed by atoms with Gasteiger partial charge < -0.3 is 31.3 Å². The summed E-state index contributed by atoms with van der Waals surface area (Å²) in [6.45, 7) is -0.442. The molecule has 5 heterocycles. The number of nitrogen functional groups attached to an aromatic ring is 1. The first-order valence-electron chi connectivity index (χ1n) is 11.3. The van der Waals surface area contributed by atoms with Crippen molar-refractivity contribution < 1.29 is 34.6 Å². The molecular formula is C21H18N8O8S4. The van der Waals surface area contributed by atoms with Crippen LogP contribution in [0.25, 0.3) is 0 Å². The second-order valence-electron chi connectivity index (χ2n) is 8.29. The van der Waals surface area contributed by atoms with E-state index in [-0.39, 0.29) is 32.5 Å². The van der Waals surface area contributed by atoms with Gasteiger partial charge in [0.1, 0.15) is 39.4 Å². The van der Waals surface area contributed by atoms with Crippen LogP contribution in [-0.2, 0) is 25.8 Å². The monoisotopic (exact) mass is 638 g/mol. The summed E-state index contributed by atoms with van der Waals surface area (Å²) in [6, 6.07) is -0.280. The van der Waals surface area contributed by atoms with E-state index in [0.717, 1.165) is 32.7 Å². The Labute approximate surface area is 245 Å². The zero-order chi connectivity index (χ0) is 29.3. The van der Waals surface area contributed by atoms with Crippen LogP contribution in [0.1, 0.15) is 11.3 Å². The van der Waals surface area contributed by atoms with E-state index < -0.39 is 47.1 Å². The van der Waals surface area contributed by atoms with Gasteiger partial charge in [0.15, 0.2) is 10.8 Å². The predicted octanol–water partition coefficient (Wildman–Crippen LogP) is 0.133. The number of nitrogens with two attached hydrogens (primary N) is 1. The number of aromatic nitrogens is 4. The van der Waals surface area contributed by atoms with Crippen molar-refractivity contribution in [3.05, 3.63) is 56.7 Å². The number of pyridine rings is 1. The Balaban J connectivity index is 1.31. The molecule has 0 radical (unpaired) electrons. The van der Waals surface area contributed by atoms with E-state index in [1.165, 1.54) is 40.4 Å². The number of oxime groups is 1. The van der Waals surface area contributed by atoms with E-state index in [4.69, 9.17) is 10.6 Å². The number of carbonyl (C=O) groups is 3. The number of β-lactam (4-membered cyclic amide) rings is 1. The number of carbonyl (C=O) groups excluding carboxylic acids is 2. The molecule has 2 atom stereocenters. The summed E-state index contributed by atoms with van der Waals surface area (Å²) in [5.74, 6) is -2.51. The number of amides is 2. The number of thioether (sulfide) groups is 2. The molecule has 16 nitrogen and oxygen atoms in total. The standard InChI is InChI=1S/C21H18N8O8S4/c22-21-24-10(7-40-21)14(26-37-4-8-3-28(36)12(31)1-11(8)30)17(32)25-15-18(33)29-16(20(34)35)9(6-39-19(15)29)5-38-13-2-23-27-41-13/h1-3,7,15,19,30,36H,4-6H2,(H2,22,24)(H,25,32)(H,34,35)/b26-14+/t15-,19-/m1/s1. The number of hydrogen-bond acceptors (Lipinski definition) is 16. The van der Waals surface area contributed by atoms with Gasteiger partial charge in [0, 0.05) is 23.0 Å². The van der Waals surface area contributed by atoms with Crippen molar-refractivity contribution in [3.8, 4) is 5.75 Å². The molecule has 1 fully saturated rings. The summed E-state index contributed by atoms with van der Waals surface area (Å²) in [7, 11) is 0. The first kappa shape index (κ1) is 28.4. The predicted molar refractivity (Wildman–Crippen MR) is 148 cm³/mol. The van der Waals surface area contributed by atoms with Gasteiger partial charge in [0.25, 0.3) is 17.4 Å². The van der Waals surface area contributed by atoms with Crippen LogP contribution in [0.15, 0.2) is 49.3 Å². The number of nitrogens with one attached hydrogen (secondary N) is 1. The van der Waals surface area contributed by atoms with Crippen LogP contribution in [0, 0.1) is 0 Å². The first-order chi connectivity index (χ1) is 19.6. The molecule has 2 amide bonds. The molecule has 2 aliphatic rings. The second-order valence-corrected chi connectivity index (χ2v) is 12.4. The van der Waals surface area contributed by atoms with E-state index >= 15 is 0 Å². The lowest BCUT2D eigenvalue weighted by Crippen LogP contribution is -2.71. The van der Waals surface area contributed by atoms with Crippen LogP contribution in [0.4, 0.5) is 5.13 Å². The molecule has 20 heteroatoms. The third kappa shape index (κ3) is 5.85. The number of fused-ring (bicyclic) bond motifs is 1. The molecule has 0 spiro atoms. The lowest BCUT2D eigenvalue weighted by Gasteiger charge is -2.49. The number of carboxylic acids is 1. The Morgan fingerprint density at radius 1 is 1.34 bits per heavy atom. The minimum atomic E-state index is -1.25. The Hall–Kier alpha value is -4.14. The molecule has 3 aromatic rings. The Morgan fingerprint density at radius 3 is 2.83 bits per heavy atom. The van der Waals surface area contributed by atoms with Crippen LogP contribution >= 0.6 is 46.4 Å².